The molecule has 0 saturated heterocycles. The van der Waals surface area contributed by atoms with Crippen molar-refractivity contribution in [3.8, 4) is 51.2 Å². The summed E-state index contributed by atoms with van der Waals surface area (Å²) in [5, 5.41) is 44.3. The van der Waals surface area contributed by atoms with Gasteiger partial charge < -0.3 is 39.1 Å². The molecule has 0 radical (unpaired) electrons. The number of phenolic OH excluding ortho intramolecular Hbond substituents is 2. The fraction of sp³-hybridized carbons (Fsp3) is 0.0250. The van der Waals surface area contributed by atoms with Crippen molar-refractivity contribution in [3.05, 3.63) is 153 Å². The Kier molecular flexibility index (Phi) is 12.3. The number of esters is 1. The second-order valence-corrected chi connectivity index (χ2v) is 15.4. The number of ether oxygens (including phenoxy) is 2. The first-order valence-corrected chi connectivity index (χ1v) is 18.9. The number of aromatic hydroxyl groups is 2. The van der Waals surface area contributed by atoms with Gasteiger partial charge >= 0.3 is 65.1 Å². The van der Waals surface area contributed by atoms with Gasteiger partial charge in [-0.1, -0.05) is 64.1 Å². The summed E-state index contributed by atoms with van der Waals surface area (Å²) in [5.74, 6) is -1.09. The van der Waals surface area contributed by atoms with Crippen molar-refractivity contribution in [3.63, 3.8) is 0 Å². The fourth-order valence-electron chi connectivity index (χ4n) is 6.81. The molecule has 16 heteroatoms. The molecule has 56 heavy (non-hydrogen) atoms. The third kappa shape index (κ3) is 6.85. The Labute approximate surface area is 394 Å². The van der Waals surface area contributed by atoms with E-state index in [4.69, 9.17) is 13.9 Å². The van der Waals surface area contributed by atoms with Crippen LogP contribution in [0.5, 0.6) is 28.7 Å². The van der Waals surface area contributed by atoms with Crippen molar-refractivity contribution >= 4 is 86.6 Å². The van der Waals surface area contributed by atoms with E-state index in [1.54, 1.807) is 54.6 Å². The van der Waals surface area contributed by atoms with E-state index in [-0.39, 0.29) is 117 Å². The first-order valence-electron chi connectivity index (χ1n) is 15.7. The van der Waals surface area contributed by atoms with Gasteiger partial charge in [0.1, 0.15) is 33.1 Å². The van der Waals surface area contributed by atoms with Crippen LogP contribution in [0.15, 0.2) is 124 Å². The molecule has 0 fully saturated rings. The number of hydrogen-bond acceptors (Lipinski definition) is 10. The molecular weight excluding hydrogens is 1010 g/mol. The molecular formula is C40H18Br4Na2O10. The third-order valence-corrected chi connectivity index (χ3v) is 11.7. The van der Waals surface area contributed by atoms with E-state index in [1.807, 2.05) is 12.1 Å². The molecule has 0 bridgehead atoms. The van der Waals surface area contributed by atoms with Crippen LogP contribution < -0.4 is 79.5 Å². The Morgan fingerprint density at radius 1 is 0.679 bits per heavy atom. The first-order chi connectivity index (χ1) is 25.8. The van der Waals surface area contributed by atoms with Crippen LogP contribution in [-0.2, 0) is 10.3 Å². The number of rotatable bonds is 2. The minimum Gasteiger partial charge on any atom is -0.871 e. The number of carbonyl (C=O) groups excluding carboxylic acids is 2. The molecule has 10 nitrogen and oxygen atoms in total. The van der Waals surface area contributed by atoms with Gasteiger partial charge in [-0.15, -0.1) is 0 Å². The van der Waals surface area contributed by atoms with E-state index in [2.05, 4.69) is 63.7 Å². The van der Waals surface area contributed by atoms with Crippen LogP contribution in [0, 0.1) is 0 Å². The standard InChI is InChI=1S/C20H8Br4O5.C20H12O5.2Na/c21-11-5-9-13(7-3-1-2-4-8(7)20(27)28)10-6-12(22)17(26)15(24)19(10)29-18(9)14(23)16(11)25;21-11-5-7-15-17(9-11)24-18-10-12(22)6-8-16(18)20(15)14-4-2-1-3-13(14)19(23)25-20;;/h1-6,25H,(H,27,28);1-10,21-22H;;/q;;2*+1/p-2. The molecule has 0 aromatic heterocycles. The van der Waals surface area contributed by atoms with E-state index in [9.17, 15) is 34.8 Å². The molecule has 2 N–H and O–H groups in total. The summed E-state index contributed by atoms with van der Waals surface area (Å²) in [5.41, 5.74) is 2.45. The van der Waals surface area contributed by atoms with Crippen molar-refractivity contribution < 1.29 is 103 Å². The second kappa shape index (κ2) is 16.2. The number of carboxylic acids is 1. The summed E-state index contributed by atoms with van der Waals surface area (Å²) in [4.78, 5) is 36.7. The van der Waals surface area contributed by atoms with E-state index < -0.39 is 17.5 Å². The topological polar surface area (TPSA) is 169 Å². The molecule has 9 rings (SSSR count). The van der Waals surface area contributed by atoms with Gasteiger partial charge in [0, 0.05) is 55.4 Å². The maximum absolute atomic E-state index is 12.5. The maximum Gasteiger partial charge on any atom is 1.00 e. The Morgan fingerprint density at radius 3 is 1.89 bits per heavy atom. The van der Waals surface area contributed by atoms with E-state index in [0.29, 0.717) is 55.8 Å². The van der Waals surface area contributed by atoms with Crippen LogP contribution in [-0.4, -0.2) is 22.2 Å². The molecule has 3 heterocycles. The van der Waals surface area contributed by atoms with Crippen molar-refractivity contribution in [2.75, 3.05) is 0 Å². The Balaban J connectivity index is 0.000000185. The molecule has 0 unspecified atom stereocenters. The molecule has 5 aromatic carbocycles. The Bertz CT molecular complexity index is 2760. The normalized spacial score (nSPS) is 12.9. The molecule has 0 amide bonds. The first kappa shape index (κ1) is 42.5. The summed E-state index contributed by atoms with van der Waals surface area (Å²) in [7, 11) is 0. The number of aromatic carboxylic acids is 1. The van der Waals surface area contributed by atoms with Gasteiger partial charge in [-0.3, -0.25) is 4.79 Å². The summed E-state index contributed by atoms with van der Waals surface area (Å²) in [6.45, 7) is 0. The molecule has 1 aliphatic carbocycles. The molecule has 268 valence electrons. The van der Waals surface area contributed by atoms with Gasteiger partial charge in [0.2, 0.25) is 5.43 Å². The van der Waals surface area contributed by atoms with Gasteiger partial charge in [0.15, 0.2) is 11.4 Å². The number of carbonyl (C=O) groups is 2. The zero-order chi connectivity index (χ0) is 38.2. The number of halogens is 4. The van der Waals surface area contributed by atoms with Crippen LogP contribution in [0.2, 0.25) is 0 Å². The largest absolute Gasteiger partial charge is 1.00 e. The van der Waals surface area contributed by atoms with Gasteiger partial charge in [0.25, 0.3) is 0 Å². The minimum atomic E-state index is -1.35. The number of phenols is 2. The minimum absolute atomic E-state index is 0. The SMILES string of the molecule is O=C([O-])c1ccccc1-c1c2cc(Br)c(=O)c(Br)c-2oc2c(Br)c([O-])c(Br)cc12.O=C1OC2(c3ccc(O)cc3Oc3cc(O)ccc32)c2ccccc21.[Na+].[Na+]. The van der Waals surface area contributed by atoms with Gasteiger partial charge in [-0.25, -0.2) is 4.79 Å². The Hall–Kier alpha value is -3.15. The summed E-state index contributed by atoms with van der Waals surface area (Å²) >= 11 is 13.0. The molecule has 4 aliphatic rings. The number of fused-ring (bicyclic) bond motifs is 8. The fourth-order valence-corrected chi connectivity index (χ4v) is 9.21. The summed E-state index contributed by atoms with van der Waals surface area (Å²) in [6, 6.07) is 26.1. The van der Waals surface area contributed by atoms with E-state index in [0.717, 1.165) is 0 Å². The number of carboxylic acid groups (broad SMARTS) is 1. The number of benzene rings is 6. The average Bonchev–Trinajstić information content (AvgIpc) is 3.44. The molecule has 0 saturated carbocycles. The molecule has 1 spiro atoms. The summed E-state index contributed by atoms with van der Waals surface area (Å²) in [6.07, 6.45) is 0. The van der Waals surface area contributed by atoms with E-state index in [1.165, 1.54) is 30.3 Å². The van der Waals surface area contributed by atoms with Crippen LogP contribution in [0.3, 0.4) is 0 Å². The van der Waals surface area contributed by atoms with Crippen LogP contribution in [0.4, 0.5) is 0 Å². The molecule has 5 aromatic rings. The van der Waals surface area contributed by atoms with Gasteiger partial charge in [-0.05, 0) is 95.8 Å². The zero-order valence-corrected chi connectivity index (χ0v) is 39.3. The van der Waals surface area contributed by atoms with Crippen molar-refractivity contribution in [2.24, 2.45) is 0 Å². The smallest absolute Gasteiger partial charge is 0.871 e. The predicted octanol–water partition coefficient (Wildman–Crippen LogP) is 2.73. The van der Waals surface area contributed by atoms with Gasteiger partial charge in [0.05, 0.1) is 20.5 Å². The zero-order valence-electron chi connectivity index (χ0n) is 28.9. The maximum atomic E-state index is 12.5. The van der Waals surface area contributed by atoms with Crippen molar-refractivity contribution in [1.29, 1.82) is 0 Å². The predicted molar refractivity (Wildman–Crippen MR) is 207 cm³/mol. The van der Waals surface area contributed by atoms with E-state index >= 15 is 0 Å². The van der Waals surface area contributed by atoms with Gasteiger partial charge in [-0.2, -0.15) is 0 Å². The van der Waals surface area contributed by atoms with Crippen molar-refractivity contribution in [2.45, 2.75) is 5.60 Å². The second-order valence-electron chi connectivity index (χ2n) is 12.1. The average molecular weight is 1020 g/mol. The van der Waals surface area contributed by atoms with Crippen LogP contribution in [0.1, 0.15) is 37.4 Å². The Morgan fingerprint density at radius 2 is 1.27 bits per heavy atom. The summed E-state index contributed by atoms with van der Waals surface area (Å²) < 4.78 is 18.6. The molecule has 3 aliphatic heterocycles. The van der Waals surface area contributed by atoms with Crippen LogP contribution in [0.25, 0.3) is 33.4 Å². The third-order valence-electron chi connectivity index (χ3n) is 9.10. The van der Waals surface area contributed by atoms with Crippen LogP contribution >= 0.6 is 63.7 Å². The van der Waals surface area contributed by atoms with Crippen molar-refractivity contribution in [1.82, 2.24) is 0 Å². The quantitative estimate of drug-likeness (QED) is 0.149. The number of hydrogen-bond donors (Lipinski definition) is 2. The monoisotopic (exact) mass is 1020 g/mol. The molecule has 0 atom stereocenters.